The third-order valence-corrected chi connectivity index (χ3v) is 2.19. The van der Waals surface area contributed by atoms with E-state index in [2.05, 4.69) is 15.5 Å². The van der Waals surface area contributed by atoms with E-state index in [1.165, 1.54) is 15.6 Å². The maximum atomic E-state index is 11.5. The van der Waals surface area contributed by atoms with Gasteiger partial charge in [0.1, 0.15) is 12.1 Å². The lowest BCUT2D eigenvalue weighted by atomic mass is 10.3. The lowest BCUT2D eigenvalue weighted by Crippen LogP contribution is -2.23. The van der Waals surface area contributed by atoms with Gasteiger partial charge in [-0.15, -0.1) is 0 Å². The van der Waals surface area contributed by atoms with Gasteiger partial charge in [0.25, 0.3) is 0 Å². The average molecular weight is 220 g/mol. The smallest absolute Gasteiger partial charge is 0.308 e. The van der Waals surface area contributed by atoms with E-state index >= 15 is 0 Å². The van der Waals surface area contributed by atoms with Crippen LogP contribution in [0.1, 0.15) is 5.56 Å². The Balaban J connectivity index is 2.21. The van der Waals surface area contributed by atoms with Gasteiger partial charge in [0.15, 0.2) is 0 Å². The Labute approximate surface area is 91.5 Å². The molecule has 0 saturated heterocycles. The van der Waals surface area contributed by atoms with Crippen molar-refractivity contribution in [3.8, 4) is 0 Å². The molecule has 0 spiro atoms. The molecule has 0 amide bonds. The summed E-state index contributed by atoms with van der Waals surface area (Å²) in [5, 5.41) is 3.95. The molecule has 0 saturated carbocycles. The Hall–Kier alpha value is -2.15. The number of anilines is 1. The van der Waals surface area contributed by atoms with Gasteiger partial charge in [0, 0.05) is 13.2 Å². The quantitative estimate of drug-likeness (QED) is 0.528. The molecule has 0 radical (unpaired) electrons. The molecule has 0 atom stereocenters. The minimum atomic E-state index is -0.152. The molecule has 16 heavy (non-hydrogen) atoms. The highest BCUT2D eigenvalue weighted by molar-refractivity contribution is 5.33. The molecule has 0 aromatic carbocycles. The zero-order valence-electron chi connectivity index (χ0n) is 8.79. The van der Waals surface area contributed by atoms with Gasteiger partial charge in [-0.25, -0.2) is 20.3 Å². The Morgan fingerprint density at radius 1 is 1.50 bits per heavy atom. The van der Waals surface area contributed by atoms with E-state index in [0.717, 1.165) is 5.56 Å². The third kappa shape index (κ3) is 1.94. The van der Waals surface area contributed by atoms with E-state index < -0.39 is 0 Å². The highest BCUT2D eigenvalue weighted by Gasteiger charge is 2.02. The van der Waals surface area contributed by atoms with Crippen molar-refractivity contribution in [3.63, 3.8) is 0 Å². The number of aryl methyl sites for hydroxylation is 1. The van der Waals surface area contributed by atoms with E-state index in [1.54, 1.807) is 19.3 Å². The van der Waals surface area contributed by atoms with Crippen LogP contribution in [0.4, 0.5) is 5.82 Å². The van der Waals surface area contributed by atoms with Crippen LogP contribution in [-0.4, -0.2) is 19.3 Å². The minimum absolute atomic E-state index is 0.152. The van der Waals surface area contributed by atoms with Crippen LogP contribution < -0.4 is 17.0 Å². The normalized spacial score (nSPS) is 10.4. The van der Waals surface area contributed by atoms with Crippen molar-refractivity contribution in [2.75, 3.05) is 5.43 Å². The fraction of sp³-hybridized carbons (Fsp3) is 0.222. The first-order valence-corrected chi connectivity index (χ1v) is 4.70. The summed E-state index contributed by atoms with van der Waals surface area (Å²) in [7, 11) is 1.66. The summed E-state index contributed by atoms with van der Waals surface area (Å²) in [6.45, 7) is 0.400. The van der Waals surface area contributed by atoms with E-state index in [9.17, 15) is 4.79 Å². The molecule has 0 aliphatic rings. The fourth-order valence-corrected chi connectivity index (χ4v) is 1.31. The molecular formula is C9H12N6O. The lowest BCUT2D eigenvalue weighted by molar-refractivity contribution is 0.645. The van der Waals surface area contributed by atoms with Gasteiger partial charge >= 0.3 is 5.69 Å². The van der Waals surface area contributed by atoms with Gasteiger partial charge in [0.2, 0.25) is 0 Å². The summed E-state index contributed by atoms with van der Waals surface area (Å²) in [4.78, 5) is 15.6. The van der Waals surface area contributed by atoms with Crippen LogP contribution in [0.25, 0.3) is 0 Å². The second-order valence-electron chi connectivity index (χ2n) is 3.38. The molecular weight excluding hydrogens is 208 g/mol. The Morgan fingerprint density at radius 2 is 2.31 bits per heavy atom. The summed E-state index contributed by atoms with van der Waals surface area (Å²) >= 11 is 0. The van der Waals surface area contributed by atoms with Crippen molar-refractivity contribution in [3.05, 3.63) is 40.7 Å². The summed E-state index contributed by atoms with van der Waals surface area (Å²) in [5.41, 5.74) is 3.17. The fourth-order valence-electron chi connectivity index (χ4n) is 1.31. The number of rotatable bonds is 3. The van der Waals surface area contributed by atoms with Gasteiger partial charge < -0.3 is 5.43 Å². The largest absolute Gasteiger partial charge is 0.345 e. The number of nitrogen functional groups attached to an aromatic ring is 1. The molecule has 0 aliphatic carbocycles. The second-order valence-corrected chi connectivity index (χ2v) is 3.38. The molecule has 2 aromatic heterocycles. The van der Waals surface area contributed by atoms with Gasteiger partial charge in [-0.05, 0) is 11.6 Å². The molecule has 7 heteroatoms. The molecule has 3 N–H and O–H groups in total. The van der Waals surface area contributed by atoms with Crippen LogP contribution in [0.3, 0.4) is 0 Å². The molecule has 0 unspecified atom stereocenters. The van der Waals surface area contributed by atoms with Crippen molar-refractivity contribution in [2.24, 2.45) is 12.9 Å². The molecule has 0 aliphatic heterocycles. The predicted molar refractivity (Wildman–Crippen MR) is 58.6 cm³/mol. The van der Waals surface area contributed by atoms with Crippen LogP contribution >= 0.6 is 0 Å². The number of nitrogens with one attached hydrogen (secondary N) is 1. The molecule has 0 fully saturated rings. The first-order chi connectivity index (χ1) is 7.70. The van der Waals surface area contributed by atoms with E-state index in [1.807, 2.05) is 6.07 Å². The molecule has 84 valence electrons. The monoisotopic (exact) mass is 220 g/mol. The topological polar surface area (TPSA) is 90.8 Å². The minimum Gasteiger partial charge on any atom is -0.308 e. The predicted octanol–water partition coefficient (Wildman–Crippen LogP) is -0.689. The van der Waals surface area contributed by atoms with Crippen molar-refractivity contribution in [1.82, 2.24) is 19.3 Å². The summed E-state index contributed by atoms with van der Waals surface area (Å²) in [5.74, 6) is 5.78. The van der Waals surface area contributed by atoms with Crippen molar-refractivity contribution < 1.29 is 0 Å². The highest BCUT2D eigenvalue weighted by Crippen LogP contribution is 2.03. The molecule has 2 aromatic rings. The van der Waals surface area contributed by atoms with E-state index in [0.29, 0.717) is 12.4 Å². The summed E-state index contributed by atoms with van der Waals surface area (Å²) < 4.78 is 2.79. The van der Waals surface area contributed by atoms with Crippen molar-refractivity contribution in [1.29, 1.82) is 0 Å². The molecule has 7 nitrogen and oxygen atoms in total. The lowest BCUT2D eigenvalue weighted by Gasteiger charge is -2.01. The number of hydrogen-bond donors (Lipinski definition) is 2. The molecule has 2 rings (SSSR count). The Kier molecular flexibility index (Phi) is 2.69. The van der Waals surface area contributed by atoms with Gasteiger partial charge in [-0.1, -0.05) is 6.07 Å². The molecule has 2 heterocycles. The number of pyridine rings is 1. The number of hydrazine groups is 1. The Bertz CT molecular complexity index is 526. The number of nitrogens with zero attached hydrogens (tertiary/aromatic N) is 4. The van der Waals surface area contributed by atoms with Crippen molar-refractivity contribution in [2.45, 2.75) is 6.54 Å². The SMILES string of the molecule is Cn1cnn(Cc2ccc(NN)nc2)c1=O. The van der Waals surface area contributed by atoms with E-state index in [-0.39, 0.29) is 5.69 Å². The van der Waals surface area contributed by atoms with Crippen molar-refractivity contribution >= 4 is 5.82 Å². The zero-order valence-corrected chi connectivity index (χ0v) is 8.79. The van der Waals surface area contributed by atoms with Crippen LogP contribution in [0.2, 0.25) is 0 Å². The van der Waals surface area contributed by atoms with Gasteiger partial charge in [-0.3, -0.25) is 4.57 Å². The highest BCUT2D eigenvalue weighted by atomic mass is 16.2. The summed E-state index contributed by atoms with van der Waals surface area (Å²) in [6.07, 6.45) is 3.13. The van der Waals surface area contributed by atoms with Crippen LogP contribution in [0, 0.1) is 0 Å². The van der Waals surface area contributed by atoms with Crippen LogP contribution in [-0.2, 0) is 13.6 Å². The van der Waals surface area contributed by atoms with Crippen LogP contribution in [0.15, 0.2) is 29.5 Å². The van der Waals surface area contributed by atoms with Crippen LogP contribution in [0.5, 0.6) is 0 Å². The maximum Gasteiger partial charge on any atom is 0.345 e. The third-order valence-electron chi connectivity index (χ3n) is 2.19. The molecule has 0 bridgehead atoms. The second kappa shape index (κ2) is 4.15. The average Bonchev–Trinajstić information content (AvgIpc) is 2.62. The first-order valence-electron chi connectivity index (χ1n) is 4.70. The maximum absolute atomic E-state index is 11.5. The first kappa shape index (κ1) is 10.4. The number of hydrogen-bond acceptors (Lipinski definition) is 5. The van der Waals surface area contributed by atoms with Gasteiger partial charge in [-0.2, -0.15) is 5.10 Å². The van der Waals surface area contributed by atoms with E-state index in [4.69, 9.17) is 5.84 Å². The number of nitrogens with two attached hydrogens (primary N) is 1. The zero-order chi connectivity index (χ0) is 11.5. The Morgan fingerprint density at radius 3 is 2.81 bits per heavy atom. The number of aromatic nitrogens is 4. The van der Waals surface area contributed by atoms with Gasteiger partial charge in [0.05, 0.1) is 6.54 Å². The standard InChI is InChI=1S/C9H12N6O/c1-14-6-12-15(9(14)16)5-7-2-3-8(13-10)11-4-7/h2-4,6H,5,10H2,1H3,(H,11,13). The summed E-state index contributed by atoms with van der Waals surface area (Å²) in [6, 6.07) is 3.58.